The first-order valence-electron chi connectivity index (χ1n) is 9.96. The quantitative estimate of drug-likeness (QED) is 0.722. The van der Waals surface area contributed by atoms with Gasteiger partial charge in [-0.2, -0.15) is 0 Å². The minimum Gasteiger partial charge on any atom is -0.343 e. The number of hydrogen-bond donors (Lipinski definition) is 3. The summed E-state index contributed by atoms with van der Waals surface area (Å²) in [7, 11) is 0. The third kappa shape index (κ3) is 4.78. The number of hydrogen-bond acceptors (Lipinski definition) is 3. The fraction of sp³-hybridized carbons (Fsp3) is 0.391. The average molecular weight is 380 g/mol. The van der Waals surface area contributed by atoms with Crippen molar-refractivity contribution in [3.63, 3.8) is 0 Å². The molecule has 5 heteroatoms. The van der Waals surface area contributed by atoms with Crippen molar-refractivity contribution in [1.82, 2.24) is 10.6 Å². The van der Waals surface area contributed by atoms with Gasteiger partial charge in [-0.05, 0) is 48.1 Å². The summed E-state index contributed by atoms with van der Waals surface area (Å²) >= 11 is 0. The standard InChI is InChI=1S/C23H29N3O2/c1-4-16(3)21(23(28)25-19-11-7-8-15(2)12-19)26-22(27)20-13-17-9-5-6-10-18(17)14-24-20/h5-12,16,20-21,24H,4,13-14H2,1-3H3,(H,25,28)(H,26,27). The highest BCUT2D eigenvalue weighted by molar-refractivity contribution is 5.98. The number of nitrogens with one attached hydrogen (secondary N) is 3. The fourth-order valence-electron chi connectivity index (χ4n) is 3.54. The molecule has 2 amide bonds. The van der Waals surface area contributed by atoms with Gasteiger partial charge in [0.15, 0.2) is 0 Å². The van der Waals surface area contributed by atoms with Gasteiger partial charge in [0, 0.05) is 12.2 Å². The molecule has 3 unspecified atom stereocenters. The van der Waals surface area contributed by atoms with E-state index in [1.165, 1.54) is 11.1 Å². The first-order valence-corrected chi connectivity index (χ1v) is 9.96. The molecule has 1 heterocycles. The summed E-state index contributed by atoms with van der Waals surface area (Å²) in [6.45, 7) is 6.66. The second-order valence-electron chi connectivity index (χ2n) is 7.64. The number of fused-ring (bicyclic) bond motifs is 1. The largest absolute Gasteiger partial charge is 0.343 e. The van der Waals surface area contributed by atoms with Gasteiger partial charge < -0.3 is 16.0 Å². The molecule has 0 saturated carbocycles. The summed E-state index contributed by atoms with van der Waals surface area (Å²) in [5.74, 6) is -0.270. The lowest BCUT2D eigenvalue weighted by atomic mass is 9.94. The monoisotopic (exact) mass is 379 g/mol. The van der Waals surface area contributed by atoms with Gasteiger partial charge in [-0.3, -0.25) is 9.59 Å². The number of rotatable bonds is 6. The van der Waals surface area contributed by atoms with Gasteiger partial charge in [-0.25, -0.2) is 0 Å². The molecule has 0 fully saturated rings. The molecule has 5 nitrogen and oxygen atoms in total. The number of aryl methyl sites for hydroxylation is 1. The summed E-state index contributed by atoms with van der Waals surface area (Å²) in [6, 6.07) is 14.9. The van der Waals surface area contributed by atoms with Gasteiger partial charge in [0.05, 0.1) is 6.04 Å². The zero-order valence-corrected chi connectivity index (χ0v) is 16.8. The molecular weight excluding hydrogens is 350 g/mol. The smallest absolute Gasteiger partial charge is 0.247 e. The van der Waals surface area contributed by atoms with E-state index in [1.807, 2.05) is 57.2 Å². The van der Waals surface area contributed by atoms with Crippen LogP contribution < -0.4 is 16.0 Å². The Bertz CT molecular complexity index is 849. The maximum absolute atomic E-state index is 12.9. The molecule has 1 aliphatic rings. The Labute approximate surface area is 166 Å². The van der Waals surface area contributed by atoms with E-state index in [1.54, 1.807) is 0 Å². The third-order valence-corrected chi connectivity index (χ3v) is 5.48. The van der Waals surface area contributed by atoms with Gasteiger partial charge in [0.2, 0.25) is 11.8 Å². The number of benzene rings is 2. The lowest BCUT2D eigenvalue weighted by molar-refractivity contribution is -0.129. The number of anilines is 1. The summed E-state index contributed by atoms with van der Waals surface area (Å²) in [4.78, 5) is 25.8. The van der Waals surface area contributed by atoms with Gasteiger partial charge >= 0.3 is 0 Å². The number of carbonyl (C=O) groups excluding carboxylic acids is 2. The van der Waals surface area contributed by atoms with Crippen LogP contribution in [0.5, 0.6) is 0 Å². The normalized spacial score (nSPS) is 17.9. The Balaban J connectivity index is 1.68. The summed E-state index contributed by atoms with van der Waals surface area (Å²) in [5, 5.41) is 9.23. The van der Waals surface area contributed by atoms with E-state index in [0.29, 0.717) is 13.0 Å². The summed E-state index contributed by atoms with van der Waals surface area (Å²) in [6.07, 6.45) is 1.43. The van der Waals surface area contributed by atoms with Gasteiger partial charge in [-0.15, -0.1) is 0 Å². The van der Waals surface area contributed by atoms with E-state index >= 15 is 0 Å². The number of carbonyl (C=O) groups is 2. The van der Waals surface area contributed by atoms with Crippen LogP contribution in [0.4, 0.5) is 5.69 Å². The van der Waals surface area contributed by atoms with E-state index in [4.69, 9.17) is 0 Å². The molecule has 3 rings (SSSR count). The highest BCUT2D eigenvalue weighted by Gasteiger charge is 2.30. The molecule has 2 aromatic carbocycles. The second kappa shape index (κ2) is 9.02. The molecule has 0 radical (unpaired) electrons. The van der Waals surface area contributed by atoms with Crippen LogP contribution in [0.15, 0.2) is 48.5 Å². The van der Waals surface area contributed by atoms with E-state index < -0.39 is 6.04 Å². The molecule has 0 aromatic heterocycles. The molecule has 0 aliphatic carbocycles. The minimum absolute atomic E-state index is 0.0321. The maximum Gasteiger partial charge on any atom is 0.247 e. The van der Waals surface area contributed by atoms with Gasteiger partial charge in [0.25, 0.3) is 0 Å². The van der Waals surface area contributed by atoms with Crippen LogP contribution in [-0.4, -0.2) is 23.9 Å². The van der Waals surface area contributed by atoms with Crippen LogP contribution in [0, 0.1) is 12.8 Å². The van der Waals surface area contributed by atoms with Crippen molar-refractivity contribution in [2.75, 3.05) is 5.32 Å². The van der Waals surface area contributed by atoms with Crippen LogP contribution in [-0.2, 0) is 22.6 Å². The maximum atomic E-state index is 12.9. The zero-order chi connectivity index (χ0) is 20.1. The highest BCUT2D eigenvalue weighted by atomic mass is 16.2. The van der Waals surface area contributed by atoms with Crippen LogP contribution in [0.1, 0.15) is 37.0 Å². The molecule has 148 valence electrons. The van der Waals surface area contributed by atoms with Crippen molar-refractivity contribution >= 4 is 17.5 Å². The van der Waals surface area contributed by atoms with Crippen LogP contribution >= 0.6 is 0 Å². The second-order valence-corrected chi connectivity index (χ2v) is 7.64. The molecule has 28 heavy (non-hydrogen) atoms. The van der Waals surface area contributed by atoms with Crippen molar-refractivity contribution < 1.29 is 9.59 Å². The van der Waals surface area contributed by atoms with E-state index in [9.17, 15) is 9.59 Å². The SMILES string of the molecule is CCC(C)C(NC(=O)C1Cc2ccccc2CN1)C(=O)Nc1cccc(C)c1. The molecule has 3 N–H and O–H groups in total. The first kappa shape index (κ1) is 20.1. The molecule has 0 spiro atoms. The summed E-state index contributed by atoms with van der Waals surface area (Å²) < 4.78 is 0. The van der Waals surface area contributed by atoms with Gasteiger partial charge in [0.1, 0.15) is 6.04 Å². The van der Waals surface area contributed by atoms with Crippen molar-refractivity contribution in [1.29, 1.82) is 0 Å². The first-order chi connectivity index (χ1) is 13.5. The molecule has 1 aliphatic heterocycles. The lowest BCUT2D eigenvalue weighted by Crippen LogP contribution is -2.55. The molecule has 3 atom stereocenters. The van der Waals surface area contributed by atoms with Gasteiger partial charge in [-0.1, -0.05) is 56.7 Å². The topological polar surface area (TPSA) is 70.2 Å². The van der Waals surface area contributed by atoms with Crippen LogP contribution in [0.3, 0.4) is 0 Å². The Kier molecular flexibility index (Phi) is 6.47. The third-order valence-electron chi connectivity index (χ3n) is 5.48. The van der Waals surface area contributed by atoms with Crippen molar-refractivity contribution in [3.8, 4) is 0 Å². The Hall–Kier alpha value is -2.66. The van der Waals surface area contributed by atoms with Crippen LogP contribution in [0.25, 0.3) is 0 Å². The average Bonchev–Trinajstić information content (AvgIpc) is 2.70. The number of amides is 2. The lowest BCUT2D eigenvalue weighted by Gasteiger charge is -2.29. The fourth-order valence-corrected chi connectivity index (χ4v) is 3.54. The summed E-state index contributed by atoms with van der Waals surface area (Å²) in [5.41, 5.74) is 4.23. The predicted octanol–water partition coefficient (Wildman–Crippen LogP) is 3.18. The Morgan fingerprint density at radius 2 is 1.89 bits per heavy atom. The Morgan fingerprint density at radius 1 is 1.14 bits per heavy atom. The van der Waals surface area contributed by atoms with E-state index in [-0.39, 0.29) is 23.8 Å². The van der Waals surface area contributed by atoms with E-state index in [2.05, 4.69) is 28.1 Å². The minimum atomic E-state index is -0.572. The molecular formula is C23H29N3O2. The Morgan fingerprint density at radius 3 is 2.61 bits per heavy atom. The van der Waals surface area contributed by atoms with Crippen molar-refractivity contribution in [2.24, 2.45) is 5.92 Å². The van der Waals surface area contributed by atoms with Crippen molar-refractivity contribution in [2.45, 2.75) is 52.2 Å². The van der Waals surface area contributed by atoms with Crippen LogP contribution in [0.2, 0.25) is 0 Å². The predicted molar refractivity (Wildman–Crippen MR) is 112 cm³/mol. The van der Waals surface area contributed by atoms with Crippen molar-refractivity contribution in [3.05, 3.63) is 65.2 Å². The zero-order valence-electron chi connectivity index (χ0n) is 16.8. The van der Waals surface area contributed by atoms with E-state index in [0.717, 1.165) is 17.7 Å². The molecule has 0 saturated heterocycles. The highest BCUT2D eigenvalue weighted by Crippen LogP contribution is 2.18. The molecule has 2 aromatic rings. The molecule has 0 bridgehead atoms.